The highest BCUT2D eigenvalue weighted by Crippen LogP contribution is 2.57. The predicted molar refractivity (Wildman–Crippen MR) is 103 cm³/mol. The first kappa shape index (κ1) is 16.3. The highest BCUT2D eigenvalue weighted by Gasteiger charge is 1.98. The Morgan fingerprint density at radius 1 is 0.421 bits per heavy atom. The van der Waals surface area contributed by atoms with Crippen molar-refractivity contribution in [2.24, 2.45) is 0 Å². The highest BCUT2D eigenvalue weighted by atomic mass is 33.9. The summed E-state index contributed by atoms with van der Waals surface area (Å²) in [6.07, 6.45) is 0. The van der Waals surface area contributed by atoms with Crippen LogP contribution in [0, 0.1) is 0 Å². The van der Waals surface area contributed by atoms with Gasteiger partial charge in [0.15, 0.2) is 0 Å². The first-order valence-electron chi connectivity index (χ1n) is 5.23. The molecule has 100 valence electrons. The van der Waals surface area contributed by atoms with Gasteiger partial charge in [0.05, 0.1) is 0 Å². The first-order valence-corrected chi connectivity index (χ1v) is 14.0. The molecule has 0 amide bonds. The van der Waals surface area contributed by atoms with Crippen LogP contribution >= 0.6 is 70.7 Å². The third-order valence-electron chi connectivity index (χ3n) is 1.86. The molecule has 0 bridgehead atoms. The van der Waals surface area contributed by atoms with E-state index in [0.29, 0.717) is 0 Å². The van der Waals surface area contributed by atoms with E-state index in [2.05, 4.69) is 48.5 Å². The molecule has 0 unspecified atom stereocenters. The van der Waals surface area contributed by atoms with Crippen molar-refractivity contribution in [1.29, 1.82) is 0 Å². The summed E-state index contributed by atoms with van der Waals surface area (Å²) >= 11 is 0. The zero-order valence-corrected chi connectivity index (χ0v) is 15.3. The van der Waals surface area contributed by atoms with E-state index in [0.717, 1.165) is 0 Å². The number of rotatable bonds is 8. The van der Waals surface area contributed by atoms with Gasteiger partial charge in [-0.3, -0.25) is 0 Å². The van der Waals surface area contributed by atoms with Crippen LogP contribution < -0.4 is 0 Å². The summed E-state index contributed by atoms with van der Waals surface area (Å²) in [6.45, 7) is 0. The third kappa shape index (κ3) is 7.45. The fourth-order valence-corrected chi connectivity index (χ4v) is 14.8. The van der Waals surface area contributed by atoms with Crippen LogP contribution in [0.1, 0.15) is 0 Å². The van der Waals surface area contributed by atoms with E-state index in [1.165, 1.54) is 9.79 Å². The lowest BCUT2D eigenvalue weighted by Gasteiger charge is -2.00. The van der Waals surface area contributed by atoms with Gasteiger partial charge in [-0.25, -0.2) is 0 Å². The fraction of sp³-hybridized carbons (Fsp3) is 0. The lowest BCUT2D eigenvalue weighted by Crippen LogP contribution is -1.62. The molecule has 0 atom stereocenters. The molecular weight excluding hydrogens is 369 g/mol. The molecule has 0 N–H and O–H groups in total. The maximum Gasteiger partial charge on any atom is 0.0191 e. The van der Waals surface area contributed by atoms with Crippen molar-refractivity contribution in [2.45, 2.75) is 9.79 Å². The Bertz CT molecular complexity index is 405. The van der Waals surface area contributed by atoms with Crippen molar-refractivity contribution in [3.8, 4) is 0 Å². The first-order chi connectivity index (χ1) is 9.45. The molecule has 2 rings (SSSR count). The summed E-state index contributed by atoms with van der Waals surface area (Å²) in [5.74, 6) is 0. The van der Waals surface area contributed by atoms with Crippen LogP contribution in [0.15, 0.2) is 70.5 Å². The normalized spacial score (nSPS) is 10.5. The van der Waals surface area contributed by atoms with E-state index >= 15 is 0 Å². The Labute approximate surface area is 140 Å². The maximum absolute atomic E-state index is 2.13. The van der Waals surface area contributed by atoms with Gasteiger partial charge >= 0.3 is 0 Å². The van der Waals surface area contributed by atoms with E-state index in [1.807, 2.05) is 41.6 Å². The fourth-order valence-electron chi connectivity index (χ4n) is 1.09. The van der Waals surface area contributed by atoms with Crippen molar-refractivity contribution in [3.63, 3.8) is 0 Å². The Morgan fingerprint density at radius 2 is 0.789 bits per heavy atom. The average molecular weight is 379 g/mol. The predicted octanol–water partition coefficient (Wildman–Crippen LogP) is 7.73. The second-order valence-electron chi connectivity index (χ2n) is 3.13. The molecule has 0 aliphatic rings. The molecule has 2 aromatic carbocycles. The Balaban J connectivity index is 1.49. The maximum atomic E-state index is 2.13. The molecule has 0 spiro atoms. The summed E-state index contributed by atoms with van der Waals surface area (Å²) in [5.41, 5.74) is 0. The van der Waals surface area contributed by atoms with Gasteiger partial charge in [0.1, 0.15) is 0 Å². The number of hydrogen-bond donors (Lipinski definition) is 0. The molecule has 0 saturated heterocycles. The molecule has 0 radical (unpaired) electrons. The second kappa shape index (κ2) is 10.6. The average Bonchev–Trinajstić information content (AvgIpc) is 2.48. The Morgan fingerprint density at radius 3 is 1.21 bits per heavy atom. The molecule has 19 heavy (non-hydrogen) atoms. The molecule has 0 saturated carbocycles. The summed E-state index contributed by atoms with van der Waals surface area (Å²) in [5, 5.41) is 0. The minimum Gasteiger partial charge on any atom is -0.0622 e. The summed E-state index contributed by atoms with van der Waals surface area (Å²) in [4.78, 5) is 2.61. The largest absolute Gasteiger partial charge is 0.0622 e. The van der Waals surface area contributed by atoms with E-state index in [1.54, 1.807) is 41.2 Å². The summed E-state index contributed by atoms with van der Waals surface area (Å²) in [6, 6.07) is 20.9. The van der Waals surface area contributed by atoms with Crippen LogP contribution in [0.3, 0.4) is 0 Å². The summed E-state index contributed by atoms with van der Waals surface area (Å²) < 4.78 is 0. The van der Waals surface area contributed by atoms with Gasteiger partial charge in [-0.2, -0.15) is 0 Å². The smallest absolute Gasteiger partial charge is 0.0191 e. The second-order valence-corrected chi connectivity index (χ2v) is 14.3. The summed E-state index contributed by atoms with van der Waals surface area (Å²) in [7, 11) is 12.6. The van der Waals surface area contributed by atoms with Crippen LogP contribution in [0.2, 0.25) is 0 Å². The van der Waals surface area contributed by atoms with Gasteiger partial charge in [0, 0.05) is 9.79 Å². The van der Waals surface area contributed by atoms with E-state index in [-0.39, 0.29) is 0 Å². The van der Waals surface area contributed by atoms with E-state index in [9.17, 15) is 0 Å². The van der Waals surface area contributed by atoms with Crippen molar-refractivity contribution in [1.82, 2.24) is 0 Å². The molecule has 0 nitrogen and oxygen atoms in total. The van der Waals surface area contributed by atoms with Gasteiger partial charge < -0.3 is 0 Å². The van der Waals surface area contributed by atoms with Crippen LogP contribution in [-0.2, 0) is 0 Å². The van der Waals surface area contributed by atoms with Gasteiger partial charge in [-0.05, 0) is 95.0 Å². The number of hydrogen-bond acceptors (Lipinski definition) is 7. The van der Waals surface area contributed by atoms with Crippen LogP contribution in [0.4, 0.5) is 0 Å². The van der Waals surface area contributed by atoms with E-state index in [4.69, 9.17) is 0 Å². The van der Waals surface area contributed by atoms with Crippen molar-refractivity contribution in [3.05, 3.63) is 60.7 Å². The Hall–Kier alpha value is 0.890. The molecule has 0 aliphatic carbocycles. The third-order valence-corrected chi connectivity index (χ3v) is 14.6. The Kier molecular flexibility index (Phi) is 9.07. The van der Waals surface area contributed by atoms with Crippen molar-refractivity contribution >= 4 is 70.7 Å². The minimum absolute atomic E-state index is 1.30. The SMILES string of the molecule is c1ccc(SSSSSSSc2ccccc2)cc1. The van der Waals surface area contributed by atoms with Crippen molar-refractivity contribution < 1.29 is 0 Å². The van der Waals surface area contributed by atoms with Gasteiger partial charge in [0.25, 0.3) is 0 Å². The van der Waals surface area contributed by atoms with Gasteiger partial charge in [-0.15, -0.1) is 0 Å². The van der Waals surface area contributed by atoms with Crippen LogP contribution in [-0.4, -0.2) is 0 Å². The molecule has 0 aliphatic heterocycles. The lowest BCUT2D eigenvalue weighted by atomic mass is 10.4. The quantitative estimate of drug-likeness (QED) is 0.336. The monoisotopic (exact) mass is 378 g/mol. The molecule has 0 aromatic heterocycles. The van der Waals surface area contributed by atoms with Crippen molar-refractivity contribution in [2.75, 3.05) is 0 Å². The topological polar surface area (TPSA) is 0 Å². The zero-order chi connectivity index (χ0) is 13.2. The molecule has 0 fully saturated rings. The van der Waals surface area contributed by atoms with E-state index < -0.39 is 0 Å². The molecule has 0 heterocycles. The zero-order valence-electron chi connectivity index (χ0n) is 9.63. The number of benzene rings is 2. The lowest BCUT2D eigenvalue weighted by molar-refractivity contribution is 1.48. The standard InChI is InChI=1S/C12H10S7/c1-3-7-11(8-4-1)13-15-17-19-18-16-14-12-9-5-2-6-10-12/h1-10H. The van der Waals surface area contributed by atoms with Crippen LogP contribution in [0.5, 0.6) is 0 Å². The molecule has 2 aromatic rings. The highest BCUT2D eigenvalue weighted by molar-refractivity contribution is 9.46. The van der Waals surface area contributed by atoms with Crippen LogP contribution in [0.25, 0.3) is 0 Å². The molecular formula is C12H10S7. The van der Waals surface area contributed by atoms with Gasteiger partial charge in [0.2, 0.25) is 0 Å². The van der Waals surface area contributed by atoms with Gasteiger partial charge in [-0.1, -0.05) is 36.4 Å². The minimum atomic E-state index is 1.30. The molecule has 7 heteroatoms.